The van der Waals surface area contributed by atoms with E-state index in [0.29, 0.717) is 24.3 Å². The molecule has 0 saturated carbocycles. The van der Waals surface area contributed by atoms with Crippen molar-refractivity contribution in [2.45, 2.75) is 112 Å². The molecule has 0 aliphatic carbocycles. The van der Waals surface area contributed by atoms with Gasteiger partial charge >= 0.3 is 12.1 Å². The number of amides is 3. The molecule has 3 amide bonds. The normalized spacial score (nSPS) is 13.8. The molecule has 3 atom stereocenters. The second-order valence-corrected chi connectivity index (χ2v) is 12.4. The van der Waals surface area contributed by atoms with Gasteiger partial charge in [-0.05, 0) is 89.3 Å². The standard InChI is InChI=1S/C31H51N3O6/c1-19(2)15-16-23(7)34(29(37)24(17-20(3)4)33-30(38)40-31(8,9)10)27(28(36)32-18-25(35)39-11)26-21(5)13-12-14-22(26)6/h12-14,19-20,23-24,27H,15-18H2,1-11H3,(H,32,36)(H,33,38). The minimum atomic E-state index is -1.03. The number of nitrogens with zero attached hydrogens (tertiary/aromatic N) is 1. The zero-order valence-electron chi connectivity index (χ0n) is 26.3. The number of rotatable bonds is 13. The number of esters is 1. The molecular formula is C31H51N3O6. The molecule has 0 aliphatic rings. The largest absolute Gasteiger partial charge is 0.468 e. The monoisotopic (exact) mass is 561 g/mol. The van der Waals surface area contributed by atoms with Crippen LogP contribution in [0.2, 0.25) is 0 Å². The molecule has 0 bridgehead atoms. The van der Waals surface area contributed by atoms with Crippen molar-refractivity contribution in [3.63, 3.8) is 0 Å². The van der Waals surface area contributed by atoms with Crippen LogP contribution in [0.4, 0.5) is 4.79 Å². The summed E-state index contributed by atoms with van der Waals surface area (Å²) in [6.45, 7) is 18.8. The van der Waals surface area contributed by atoms with Crippen LogP contribution in [0.25, 0.3) is 0 Å². The average molecular weight is 562 g/mol. The van der Waals surface area contributed by atoms with E-state index in [1.807, 2.05) is 52.8 Å². The van der Waals surface area contributed by atoms with Crippen molar-refractivity contribution in [3.8, 4) is 0 Å². The first-order chi connectivity index (χ1) is 18.5. The summed E-state index contributed by atoms with van der Waals surface area (Å²) >= 11 is 0. The lowest BCUT2D eigenvalue weighted by atomic mass is 9.91. The van der Waals surface area contributed by atoms with E-state index in [4.69, 9.17) is 9.47 Å². The lowest BCUT2D eigenvalue weighted by Crippen LogP contribution is -2.56. The fourth-order valence-electron chi connectivity index (χ4n) is 4.62. The van der Waals surface area contributed by atoms with E-state index in [9.17, 15) is 19.2 Å². The van der Waals surface area contributed by atoms with Crippen LogP contribution in [-0.2, 0) is 23.9 Å². The zero-order valence-corrected chi connectivity index (χ0v) is 26.3. The molecule has 0 aromatic heterocycles. The Balaban J connectivity index is 3.73. The van der Waals surface area contributed by atoms with Crippen LogP contribution < -0.4 is 10.6 Å². The van der Waals surface area contributed by atoms with Gasteiger partial charge in [-0.1, -0.05) is 45.9 Å². The molecule has 3 unspecified atom stereocenters. The van der Waals surface area contributed by atoms with Crippen LogP contribution in [0, 0.1) is 25.7 Å². The van der Waals surface area contributed by atoms with E-state index >= 15 is 0 Å². The molecule has 0 aliphatic heterocycles. The zero-order chi connectivity index (χ0) is 30.8. The van der Waals surface area contributed by atoms with Gasteiger partial charge in [0.05, 0.1) is 7.11 Å². The molecular weight excluding hydrogens is 510 g/mol. The number of carbonyl (C=O) groups is 4. The van der Waals surface area contributed by atoms with Gasteiger partial charge < -0.3 is 25.0 Å². The van der Waals surface area contributed by atoms with E-state index < -0.39 is 35.7 Å². The van der Waals surface area contributed by atoms with E-state index in [1.54, 1.807) is 25.7 Å². The highest BCUT2D eigenvalue weighted by atomic mass is 16.6. The molecule has 0 saturated heterocycles. The predicted molar refractivity (Wildman–Crippen MR) is 157 cm³/mol. The van der Waals surface area contributed by atoms with Crippen LogP contribution in [0.5, 0.6) is 0 Å². The van der Waals surface area contributed by atoms with Gasteiger partial charge in [-0.25, -0.2) is 4.79 Å². The lowest BCUT2D eigenvalue weighted by molar-refractivity contribution is -0.147. The molecule has 1 aromatic carbocycles. The van der Waals surface area contributed by atoms with Crippen molar-refractivity contribution >= 4 is 23.9 Å². The van der Waals surface area contributed by atoms with Crippen molar-refractivity contribution in [3.05, 3.63) is 34.9 Å². The Morgan fingerprint density at radius 3 is 1.98 bits per heavy atom. The number of hydrogen-bond acceptors (Lipinski definition) is 6. The van der Waals surface area contributed by atoms with Gasteiger partial charge in [0.1, 0.15) is 24.2 Å². The topological polar surface area (TPSA) is 114 Å². The first-order valence-corrected chi connectivity index (χ1v) is 14.2. The summed E-state index contributed by atoms with van der Waals surface area (Å²) < 4.78 is 10.2. The van der Waals surface area contributed by atoms with Crippen LogP contribution in [0.1, 0.15) is 97.4 Å². The number of aryl methyl sites for hydroxylation is 2. The van der Waals surface area contributed by atoms with Crippen molar-refractivity contribution in [1.29, 1.82) is 0 Å². The molecule has 9 heteroatoms. The predicted octanol–water partition coefficient (Wildman–Crippen LogP) is 5.23. The first kappa shape index (κ1) is 34.9. The van der Waals surface area contributed by atoms with Crippen LogP contribution in [0.15, 0.2) is 18.2 Å². The Bertz CT molecular complexity index is 995. The Kier molecular flexibility index (Phi) is 13.6. The summed E-state index contributed by atoms with van der Waals surface area (Å²) in [5.74, 6) is -1.01. The Hall–Kier alpha value is -3.10. The highest BCUT2D eigenvalue weighted by molar-refractivity contribution is 5.93. The lowest BCUT2D eigenvalue weighted by Gasteiger charge is -2.40. The summed E-state index contributed by atoms with van der Waals surface area (Å²) in [5.41, 5.74) is 1.63. The maximum absolute atomic E-state index is 14.5. The van der Waals surface area contributed by atoms with Gasteiger partial charge in [0, 0.05) is 6.04 Å². The molecule has 1 rings (SSSR count). The molecule has 226 valence electrons. The van der Waals surface area contributed by atoms with E-state index in [1.165, 1.54) is 7.11 Å². The fourth-order valence-corrected chi connectivity index (χ4v) is 4.62. The van der Waals surface area contributed by atoms with Crippen LogP contribution in [-0.4, -0.2) is 60.1 Å². The molecule has 2 N–H and O–H groups in total. The van der Waals surface area contributed by atoms with Gasteiger partial charge in [0.15, 0.2) is 0 Å². The Labute approximate surface area is 240 Å². The summed E-state index contributed by atoms with van der Waals surface area (Å²) in [7, 11) is 1.25. The Morgan fingerprint density at radius 2 is 1.50 bits per heavy atom. The third kappa shape index (κ3) is 11.2. The smallest absolute Gasteiger partial charge is 0.408 e. The third-order valence-electron chi connectivity index (χ3n) is 6.56. The number of methoxy groups -OCH3 is 1. The molecule has 9 nitrogen and oxygen atoms in total. The SMILES string of the molecule is COC(=O)CNC(=O)C(c1c(C)cccc1C)N(C(=O)C(CC(C)C)NC(=O)OC(C)(C)C)C(C)CCC(C)C. The van der Waals surface area contributed by atoms with Crippen LogP contribution in [0.3, 0.4) is 0 Å². The molecule has 0 spiro atoms. The van der Waals surface area contributed by atoms with Crippen molar-refractivity contribution < 1.29 is 28.7 Å². The molecule has 1 aromatic rings. The number of hydrogen-bond donors (Lipinski definition) is 2. The summed E-state index contributed by atoms with van der Waals surface area (Å²) in [5, 5.41) is 5.45. The van der Waals surface area contributed by atoms with Crippen molar-refractivity contribution in [1.82, 2.24) is 15.5 Å². The average Bonchev–Trinajstić information content (AvgIpc) is 2.82. The van der Waals surface area contributed by atoms with E-state index in [0.717, 1.165) is 17.5 Å². The summed E-state index contributed by atoms with van der Waals surface area (Å²) in [4.78, 5) is 54.7. The third-order valence-corrected chi connectivity index (χ3v) is 6.56. The van der Waals surface area contributed by atoms with Gasteiger partial charge in [-0.3, -0.25) is 14.4 Å². The number of nitrogens with one attached hydrogen (secondary N) is 2. The summed E-state index contributed by atoms with van der Waals surface area (Å²) in [6.07, 6.45) is 1.15. The fraction of sp³-hybridized carbons (Fsp3) is 0.677. The highest BCUT2D eigenvalue weighted by Crippen LogP contribution is 2.32. The molecule has 0 fully saturated rings. The van der Waals surface area contributed by atoms with Gasteiger partial charge in [0.2, 0.25) is 11.8 Å². The first-order valence-electron chi connectivity index (χ1n) is 14.2. The number of ether oxygens (including phenoxy) is 2. The molecule has 40 heavy (non-hydrogen) atoms. The number of alkyl carbamates (subject to hydrolysis) is 1. The van der Waals surface area contributed by atoms with E-state index in [2.05, 4.69) is 24.5 Å². The van der Waals surface area contributed by atoms with Gasteiger partial charge in [-0.2, -0.15) is 0 Å². The van der Waals surface area contributed by atoms with Crippen LogP contribution >= 0.6 is 0 Å². The maximum atomic E-state index is 14.5. The van der Waals surface area contributed by atoms with E-state index in [-0.39, 0.29) is 24.4 Å². The van der Waals surface area contributed by atoms with Crippen molar-refractivity contribution in [2.75, 3.05) is 13.7 Å². The minimum Gasteiger partial charge on any atom is -0.468 e. The maximum Gasteiger partial charge on any atom is 0.408 e. The number of benzene rings is 1. The minimum absolute atomic E-state index is 0.0727. The second kappa shape index (κ2) is 15.6. The molecule has 0 radical (unpaired) electrons. The number of carbonyl (C=O) groups excluding carboxylic acids is 4. The van der Waals surface area contributed by atoms with Gasteiger partial charge in [-0.15, -0.1) is 0 Å². The van der Waals surface area contributed by atoms with Crippen molar-refractivity contribution in [2.24, 2.45) is 11.8 Å². The quantitative estimate of drug-likeness (QED) is 0.319. The Morgan fingerprint density at radius 1 is 0.925 bits per heavy atom. The molecule has 0 heterocycles. The summed E-state index contributed by atoms with van der Waals surface area (Å²) in [6, 6.07) is 3.39. The highest BCUT2D eigenvalue weighted by Gasteiger charge is 2.40. The van der Waals surface area contributed by atoms with Gasteiger partial charge in [0.25, 0.3) is 0 Å². The second-order valence-electron chi connectivity index (χ2n) is 12.4.